The van der Waals surface area contributed by atoms with E-state index in [4.69, 9.17) is 21.8 Å². The third-order valence-corrected chi connectivity index (χ3v) is 1.70. The molecule has 0 spiro atoms. The summed E-state index contributed by atoms with van der Waals surface area (Å²) >= 11 is 5.79. The number of hydrogen-bond donors (Lipinski definition) is 2. The summed E-state index contributed by atoms with van der Waals surface area (Å²) in [5, 5.41) is 17.7. The Balaban J connectivity index is 2.82. The van der Waals surface area contributed by atoms with Crippen LogP contribution in [0, 0.1) is 0 Å². The number of benzene rings is 1. The zero-order chi connectivity index (χ0) is 8.97. The lowest BCUT2D eigenvalue weighted by Gasteiger charge is -1.97. The summed E-state index contributed by atoms with van der Waals surface area (Å²) < 4.78 is 0. The maximum absolute atomic E-state index is 8.53. The van der Waals surface area contributed by atoms with Crippen molar-refractivity contribution < 1.29 is 10.2 Å². The maximum atomic E-state index is 8.53. The predicted molar refractivity (Wildman–Crippen MR) is 48.7 cm³/mol. The van der Waals surface area contributed by atoms with Gasteiger partial charge in [-0.2, -0.15) is 0 Å². The molecule has 0 atom stereocenters. The molecule has 2 N–H and O–H groups in total. The van der Waals surface area contributed by atoms with Gasteiger partial charge in [0.05, 0.1) is 0 Å². The molecule has 3 heteroatoms. The highest BCUT2D eigenvalue weighted by molar-refractivity contribution is 6.32. The molecule has 0 aliphatic rings. The number of rotatable bonds is 2. The van der Waals surface area contributed by atoms with Gasteiger partial charge in [-0.05, 0) is 17.7 Å². The van der Waals surface area contributed by atoms with E-state index in [1.807, 2.05) is 12.1 Å². The van der Waals surface area contributed by atoms with Gasteiger partial charge in [0.15, 0.2) is 6.29 Å². The first-order valence-corrected chi connectivity index (χ1v) is 3.87. The fraction of sp³-hybridized carbons (Fsp3) is 0.111. The standard InChI is InChI=1S/C9H9ClO2/c10-8-4-2-1-3-7(8)5-6-9(11)12/h1-6,9,11-12H/b6-5+. The molecule has 1 rings (SSSR count). The van der Waals surface area contributed by atoms with Gasteiger partial charge >= 0.3 is 0 Å². The molecule has 12 heavy (non-hydrogen) atoms. The van der Waals surface area contributed by atoms with E-state index < -0.39 is 6.29 Å². The summed E-state index contributed by atoms with van der Waals surface area (Å²) in [6.07, 6.45) is 1.38. The first-order valence-electron chi connectivity index (χ1n) is 3.49. The number of hydrogen-bond acceptors (Lipinski definition) is 2. The summed E-state index contributed by atoms with van der Waals surface area (Å²) in [6.45, 7) is 0. The van der Waals surface area contributed by atoms with Crippen LogP contribution < -0.4 is 0 Å². The van der Waals surface area contributed by atoms with Crippen molar-refractivity contribution >= 4 is 17.7 Å². The molecular weight excluding hydrogens is 176 g/mol. The van der Waals surface area contributed by atoms with E-state index in [0.29, 0.717) is 5.02 Å². The van der Waals surface area contributed by atoms with Crippen molar-refractivity contribution in [1.82, 2.24) is 0 Å². The van der Waals surface area contributed by atoms with Gasteiger partial charge < -0.3 is 10.2 Å². The summed E-state index contributed by atoms with van der Waals surface area (Å²) in [5.41, 5.74) is 0.771. The SMILES string of the molecule is OC(O)/C=C/c1ccccc1Cl. The third kappa shape index (κ3) is 2.66. The van der Waals surface area contributed by atoms with Gasteiger partial charge in [0.2, 0.25) is 0 Å². The van der Waals surface area contributed by atoms with Gasteiger partial charge in [-0.1, -0.05) is 35.9 Å². The molecular formula is C9H9ClO2. The molecule has 0 aromatic heterocycles. The lowest BCUT2D eigenvalue weighted by atomic mass is 10.2. The van der Waals surface area contributed by atoms with Crippen LogP contribution >= 0.6 is 11.6 Å². The minimum atomic E-state index is -1.43. The van der Waals surface area contributed by atoms with Crippen LogP contribution in [0.4, 0.5) is 0 Å². The molecule has 0 saturated heterocycles. The van der Waals surface area contributed by atoms with E-state index in [9.17, 15) is 0 Å². The summed E-state index contributed by atoms with van der Waals surface area (Å²) in [4.78, 5) is 0. The Kier molecular flexibility index (Phi) is 3.29. The molecule has 0 aliphatic heterocycles. The first-order chi connectivity index (χ1) is 5.70. The molecule has 0 heterocycles. The molecule has 2 nitrogen and oxygen atoms in total. The van der Waals surface area contributed by atoms with Crippen molar-refractivity contribution in [3.63, 3.8) is 0 Å². The van der Waals surface area contributed by atoms with Crippen molar-refractivity contribution in [3.8, 4) is 0 Å². The average Bonchev–Trinajstić information content (AvgIpc) is 2.03. The van der Waals surface area contributed by atoms with Crippen LogP contribution in [0.25, 0.3) is 6.08 Å². The second-order valence-electron chi connectivity index (χ2n) is 2.29. The number of aliphatic hydroxyl groups is 2. The van der Waals surface area contributed by atoms with Crippen LogP contribution in [0.1, 0.15) is 5.56 Å². The Morgan fingerprint density at radius 2 is 1.92 bits per heavy atom. The summed E-state index contributed by atoms with van der Waals surface area (Å²) in [6, 6.07) is 7.18. The summed E-state index contributed by atoms with van der Waals surface area (Å²) in [5.74, 6) is 0. The van der Waals surface area contributed by atoms with Crippen LogP contribution in [0.3, 0.4) is 0 Å². The fourth-order valence-corrected chi connectivity index (χ4v) is 0.999. The highest BCUT2D eigenvalue weighted by Gasteiger charge is 1.93. The largest absolute Gasteiger partial charge is 0.365 e. The van der Waals surface area contributed by atoms with E-state index in [1.54, 1.807) is 18.2 Å². The Labute approximate surface area is 75.7 Å². The zero-order valence-electron chi connectivity index (χ0n) is 6.31. The molecule has 0 unspecified atom stereocenters. The van der Waals surface area contributed by atoms with Gasteiger partial charge in [-0.25, -0.2) is 0 Å². The van der Waals surface area contributed by atoms with Crippen LogP contribution in [0.5, 0.6) is 0 Å². The molecule has 0 amide bonds. The minimum Gasteiger partial charge on any atom is -0.365 e. The lowest BCUT2D eigenvalue weighted by Crippen LogP contribution is -1.96. The Morgan fingerprint density at radius 1 is 1.25 bits per heavy atom. The van der Waals surface area contributed by atoms with E-state index in [-0.39, 0.29) is 0 Å². The minimum absolute atomic E-state index is 0.592. The van der Waals surface area contributed by atoms with E-state index in [1.165, 1.54) is 6.08 Å². The fourth-order valence-electron chi connectivity index (χ4n) is 0.800. The number of aliphatic hydroxyl groups excluding tert-OH is 1. The second kappa shape index (κ2) is 4.26. The molecule has 0 saturated carbocycles. The van der Waals surface area contributed by atoms with Gasteiger partial charge in [0, 0.05) is 5.02 Å². The van der Waals surface area contributed by atoms with Gasteiger partial charge in [0.1, 0.15) is 0 Å². The topological polar surface area (TPSA) is 40.5 Å². The van der Waals surface area contributed by atoms with Crippen molar-refractivity contribution in [1.29, 1.82) is 0 Å². The lowest BCUT2D eigenvalue weighted by molar-refractivity contribution is 0.00304. The molecule has 1 aromatic carbocycles. The third-order valence-electron chi connectivity index (χ3n) is 1.35. The van der Waals surface area contributed by atoms with Crippen LogP contribution in [-0.4, -0.2) is 16.5 Å². The average molecular weight is 185 g/mol. The molecule has 0 aliphatic carbocycles. The highest BCUT2D eigenvalue weighted by atomic mass is 35.5. The van der Waals surface area contributed by atoms with Crippen molar-refractivity contribution in [2.75, 3.05) is 0 Å². The van der Waals surface area contributed by atoms with Gasteiger partial charge in [-0.3, -0.25) is 0 Å². The van der Waals surface area contributed by atoms with Crippen LogP contribution in [0.2, 0.25) is 5.02 Å². The molecule has 0 bridgehead atoms. The normalized spacial score (nSPS) is 11.3. The van der Waals surface area contributed by atoms with Crippen LogP contribution in [-0.2, 0) is 0 Å². The Morgan fingerprint density at radius 3 is 2.50 bits per heavy atom. The van der Waals surface area contributed by atoms with Crippen LogP contribution in [0.15, 0.2) is 30.3 Å². The van der Waals surface area contributed by atoms with Crippen molar-refractivity contribution in [3.05, 3.63) is 40.9 Å². The molecule has 1 aromatic rings. The summed E-state index contributed by atoms with van der Waals surface area (Å²) in [7, 11) is 0. The van der Waals surface area contributed by atoms with Crippen molar-refractivity contribution in [2.45, 2.75) is 6.29 Å². The monoisotopic (exact) mass is 184 g/mol. The second-order valence-corrected chi connectivity index (χ2v) is 2.70. The number of halogens is 1. The quantitative estimate of drug-likeness (QED) is 0.687. The Hall–Kier alpha value is -0.830. The smallest absolute Gasteiger partial charge is 0.171 e. The Bertz CT molecular complexity index is 282. The van der Waals surface area contributed by atoms with Gasteiger partial charge in [0.25, 0.3) is 0 Å². The zero-order valence-corrected chi connectivity index (χ0v) is 7.07. The molecule has 0 fully saturated rings. The van der Waals surface area contributed by atoms with E-state index in [2.05, 4.69) is 0 Å². The van der Waals surface area contributed by atoms with Gasteiger partial charge in [-0.15, -0.1) is 0 Å². The molecule has 0 radical (unpaired) electrons. The molecule has 64 valence electrons. The van der Waals surface area contributed by atoms with E-state index in [0.717, 1.165) is 5.56 Å². The highest BCUT2D eigenvalue weighted by Crippen LogP contribution is 2.16. The predicted octanol–water partition coefficient (Wildman–Crippen LogP) is 1.66. The van der Waals surface area contributed by atoms with Crippen molar-refractivity contribution in [2.24, 2.45) is 0 Å². The first kappa shape index (κ1) is 9.26. The maximum Gasteiger partial charge on any atom is 0.171 e. The van der Waals surface area contributed by atoms with E-state index >= 15 is 0 Å².